The summed E-state index contributed by atoms with van der Waals surface area (Å²) in [5.74, 6) is -21.1. The summed E-state index contributed by atoms with van der Waals surface area (Å²) in [5.41, 5.74) is -2.57. The first-order valence-electron chi connectivity index (χ1n) is 34.3. The van der Waals surface area contributed by atoms with E-state index in [0.29, 0.717) is 38.5 Å². The number of alkyl halides is 18. The van der Waals surface area contributed by atoms with E-state index in [1.54, 1.807) is 69.2 Å². The van der Waals surface area contributed by atoms with Gasteiger partial charge in [0.2, 0.25) is 0 Å². The van der Waals surface area contributed by atoms with Crippen LogP contribution in [-0.4, -0.2) is 278 Å². The molecule has 2 N–H and O–H groups in total. The predicted molar refractivity (Wildman–Crippen MR) is 369 cm³/mol. The third-order valence-corrected chi connectivity index (χ3v) is 21.1. The molecule has 0 aliphatic carbocycles. The first-order chi connectivity index (χ1) is 55.9. The Morgan fingerprint density at radius 2 is 0.444 bits per heavy atom. The number of amides is 2. The normalized spacial score (nSPS) is 14.8. The molecule has 0 aromatic heterocycles. The number of rotatable bonds is 42. The number of nitrogens with one attached hydrogen (secondary N) is 2. The Kier molecular flexibility index (Phi) is 52.4. The van der Waals surface area contributed by atoms with Gasteiger partial charge in [0.1, 0.15) is 76.2 Å². The number of carbonyl (C=O) groups excluding carboxylic acids is 12. The lowest BCUT2D eigenvalue weighted by atomic mass is 9.91. The number of hydrogen-bond donors (Lipinski definition) is 2. The van der Waals surface area contributed by atoms with Gasteiger partial charge < -0.3 is 85.3 Å². The maximum atomic E-state index is 13.5. The Bertz CT molecular complexity index is 4200. The van der Waals surface area contributed by atoms with Crippen LogP contribution in [0.2, 0.25) is 0 Å². The minimum atomic E-state index is -6.73. The molecule has 126 heavy (non-hydrogen) atoms. The minimum Gasteiger partial charge on any atom is -0.745 e. The summed E-state index contributed by atoms with van der Waals surface area (Å²) in [6.45, 7) is 15.7. The zero-order valence-electron chi connectivity index (χ0n) is 68.0. The van der Waals surface area contributed by atoms with Crippen LogP contribution in [-0.2, 0) is 166 Å². The van der Waals surface area contributed by atoms with Crippen molar-refractivity contribution in [3.8, 4) is 0 Å². The summed E-state index contributed by atoms with van der Waals surface area (Å²) in [5, 5.41) is -29.7. The molecule has 0 spiro atoms. The maximum Gasteiger partial charge on any atom is 0.447 e. The van der Waals surface area contributed by atoms with Crippen molar-refractivity contribution in [1.29, 1.82) is 0 Å². The van der Waals surface area contributed by atoms with Gasteiger partial charge in [-0.05, 0) is 80.1 Å². The number of carbonyl (C=O) groups is 12. The van der Waals surface area contributed by atoms with Crippen LogP contribution in [0.25, 0.3) is 0 Å². The molecule has 0 radical (unpaired) electrons. The third kappa shape index (κ3) is 39.8. The molecule has 0 aromatic carbocycles. The van der Waals surface area contributed by atoms with E-state index in [4.69, 9.17) is 0 Å². The number of halogens is 18. The highest BCUT2D eigenvalue weighted by molar-refractivity contribution is 7.89. The molecule has 42 nitrogen and oxygen atoms in total. The number of hydrogen-bond acceptors (Lipinski definition) is 40. The third-order valence-electron chi connectivity index (χ3n) is 15.5. The smallest absolute Gasteiger partial charge is 0.447 e. The van der Waals surface area contributed by atoms with E-state index in [1.807, 2.05) is 0 Å². The fraction of sp³-hybridized carbons (Fsp3) is 0.800. The highest BCUT2D eigenvalue weighted by Gasteiger charge is 2.71. The lowest BCUT2D eigenvalue weighted by Gasteiger charge is -2.28. The molecule has 6 unspecified atom stereocenters. The minimum absolute atomic E-state index is 0.376. The highest BCUT2D eigenvalue weighted by atomic mass is 32.2. The van der Waals surface area contributed by atoms with Gasteiger partial charge in [0.05, 0.1) is 47.1 Å². The topological polar surface area (TPSA) is 664 Å². The van der Waals surface area contributed by atoms with Crippen molar-refractivity contribution >= 4 is 132 Å². The standard InChI is InChI=1S/C11H17F4NO6S.C11H16F4O7S.C10H14F4O7S.C10H16F2O7S.C9H15F2NO6S.C9H14F2O7S/c1-4-9(2,3)8(18)22-6-5-16-7(17)10(12,11(13,14)15)23(19,20)21;1-4-9(2,3)7(16)21-5-6-22-8(17)10(12,11(13,14)15)23(18,19)20;1-3-6(2)7(15)20-4-5-21-8(16)9(11,10(12,13)14)22(17,18)19;1-4-9(2,3)7(13)18-5-6-19-8(14)10(11,12)20(15,16)17;1-3-6(2)7(13)18-5-4-12-8(14)9(10,11)19(15,16)17;1-3-6(2)7(12)17-4-5-18-8(13)9(10,11)19(14,15)16/h4-6H2,1-3H3,(H,16,17)(H,19,20,21);4-6H2,1-3H3,(H,18,19,20);6H,3-5H2,1-2H3,(H,17,18,19);4-6H2,1-3H3,(H,15,16,17);6H,3-5H2,1-2H3,(H,12,14)(H,15,16,17);6H,3-5H2,1-2H3,(H,14,15,16)/p-6. The second kappa shape index (κ2) is 51.3. The van der Waals surface area contributed by atoms with E-state index in [1.165, 1.54) is 45.3 Å². The van der Waals surface area contributed by atoms with Crippen LogP contribution in [0.1, 0.15) is 142 Å². The SMILES string of the molecule is CCC(C)(C)C(=O)OCCNC(=O)C(F)(C(F)(F)F)S(=O)(=O)[O-].CCC(C)(C)C(=O)OCCOC(=O)C(F)(C(F)(F)F)S(=O)(=O)[O-].CCC(C)(C)C(=O)OCCOC(=O)C(F)(F)S(=O)(=O)[O-].CCC(C)C(=O)OCCNC(=O)C(F)(F)S(=O)(=O)[O-].CCC(C)C(=O)OCCOC(=O)C(F)(C(F)(F)F)S(=O)(=O)[O-].CCC(C)C(=O)OCCOC(=O)C(F)(F)S(=O)(=O)[O-]. The summed E-state index contributed by atoms with van der Waals surface area (Å²) < 4.78 is 455. The molecular formula is C60H86F18N2O40S6-6. The first-order valence-corrected chi connectivity index (χ1v) is 42.8. The van der Waals surface area contributed by atoms with Crippen LogP contribution in [0.15, 0.2) is 0 Å². The summed E-state index contributed by atoms with van der Waals surface area (Å²) in [6.07, 6.45) is -16.2. The molecule has 0 heterocycles. The molecule has 0 aliphatic rings. The van der Waals surface area contributed by atoms with Gasteiger partial charge in [-0.2, -0.15) is 65.9 Å². The average molecular weight is 2010 g/mol. The van der Waals surface area contributed by atoms with E-state index >= 15 is 0 Å². The van der Waals surface area contributed by atoms with E-state index in [9.17, 15) is 214 Å². The Morgan fingerprint density at radius 3 is 0.643 bits per heavy atom. The lowest BCUT2D eigenvalue weighted by molar-refractivity contribution is -0.217. The Morgan fingerprint density at radius 1 is 0.262 bits per heavy atom. The molecule has 0 bridgehead atoms. The van der Waals surface area contributed by atoms with E-state index < -0.39 is 289 Å². The molecule has 66 heteroatoms. The van der Waals surface area contributed by atoms with Gasteiger partial charge in [-0.3, -0.25) is 38.4 Å². The summed E-state index contributed by atoms with van der Waals surface area (Å²) in [7, 11) is -38.5. The molecule has 2 amide bonds. The van der Waals surface area contributed by atoms with Crippen LogP contribution in [0.4, 0.5) is 79.0 Å². The predicted octanol–water partition coefficient (Wildman–Crippen LogP) is 3.76. The fourth-order valence-electron chi connectivity index (χ4n) is 5.65. The molecular weight excluding hydrogens is 1920 g/mol. The molecule has 744 valence electrons. The Hall–Kier alpha value is -8.16. The van der Waals surface area contributed by atoms with Gasteiger partial charge in [-0.1, -0.05) is 62.3 Å². The maximum absolute atomic E-state index is 13.5. The summed E-state index contributed by atoms with van der Waals surface area (Å²) in [6, 6.07) is 0. The van der Waals surface area contributed by atoms with Crippen molar-refractivity contribution in [3.05, 3.63) is 0 Å². The van der Waals surface area contributed by atoms with Gasteiger partial charge in [-0.15, -0.1) is 0 Å². The zero-order chi connectivity index (χ0) is 102. The monoisotopic (exact) mass is 2010 g/mol. The second-order valence-electron chi connectivity index (χ2n) is 26.2. The van der Waals surface area contributed by atoms with E-state index in [2.05, 4.69) is 47.4 Å². The van der Waals surface area contributed by atoms with Gasteiger partial charge in [0, 0.05) is 0 Å². The van der Waals surface area contributed by atoms with Crippen LogP contribution in [0, 0.1) is 34.0 Å². The quantitative estimate of drug-likeness (QED) is 0.0289. The summed E-state index contributed by atoms with van der Waals surface area (Å²) >= 11 is 0. The van der Waals surface area contributed by atoms with Crippen molar-refractivity contribution in [3.63, 3.8) is 0 Å². The van der Waals surface area contributed by atoms with Gasteiger partial charge in [0.15, 0.2) is 50.6 Å². The van der Waals surface area contributed by atoms with Crippen molar-refractivity contribution < 1.29 is 262 Å². The molecule has 0 fully saturated rings. The van der Waals surface area contributed by atoms with E-state index in [-0.39, 0.29) is 5.92 Å². The highest BCUT2D eigenvalue weighted by Crippen LogP contribution is 2.42. The van der Waals surface area contributed by atoms with Crippen LogP contribution >= 0.6 is 0 Å². The van der Waals surface area contributed by atoms with Crippen molar-refractivity contribution in [1.82, 2.24) is 10.6 Å². The van der Waals surface area contributed by atoms with Crippen molar-refractivity contribution in [2.24, 2.45) is 34.0 Å². The lowest BCUT2D eigenvalue weighted by Crippen LogP contribution is -2.59. The molecule has 0 aliphatic heterocycles. The second-order valence-corrected chi connectivity index (χ2v) is 34.8. The van der Waals surface area contributed by atoms with Gasteiger partial charge in [-0.25, -0.2) is 82.9 Å². The van der Waals surface area contributed by atoms with Gasteiger partial charge in [0.25, 0.3) is 5.91 Å². The molecule has 6 atom stereocenters. The zero-order valence-corrected chi connectivity index (χ0v) is 72.9. The first kappa shape index (κ1) is 129. The molecule has 0 rings (SSSR count). The number of ether oxygens (including phenoxy) is 10. The summed E-state index contributed by atoms with van der Waals surface area (Å²) in [4.78, 5) is 133. The molecule has 0 saturated heterocycles. The molecule has 0 saturated carbocycles. The van der Waals surface area contributed by atoms with Crippen LogP contribution in [0.5, 0.6) is 0 Å². The fourth-order valence-corrected chi connectivity index (χ4v) is 8.15. The van der Waals surface area contributed by atoms with Crippen LogP contribution in [0.3, 0.4) is 0 Å². The number of esters is 10. The Balaban J connectivity index is -0.000000343. The van der Waals surface area contributed by atoms with Crippen molar-refractivity contribution in [2.75, 3.05) is 79.2 Å². The Labute approximate surface area is 706 Å². The van der Waals surface area contributed by atoms with E-state index in [0.717, 1.165) is 0 Å². The molecule has 0 aromatic rings. The van der Waals surface area contributed by atoms with Crippen molar-refractivity contribution in [2.45, 2.75) is 192 Å². The van der Waals surface area contributed by atoms with Crippen LogP contribution < -0.4 is 10.6 Å². The van der Waals surface area contributed by atoms with Gasteiger partial charge >= 0.3 is 115 Å². The average Bonchev–Trinajstić information content (AvgIpc) is 0.762. The largest absolute Gasteiger partial charge is 0.745 e.